The molecular weight excluding hydrogens is 222 g/mol. The summed E-state index contributed by atoms with van der Waals surface area (Å²) in [4.78, 5) is 0. The summed E-state index contributed by atoms with van der Waals surface area (Å²) >= 11 is 0. The number of hydrogen-bond acceptors (Lipinski definition) is 2. The van der Waals surface area contributed by atoms with Crippen LogP contribution < -0.4 is 5.32 Å². The Hall–Kier alpha value is -0.830. The van der Waals surface area contributed by atoms with E-state index in [1.54, 1.807) is 0 Å². The first-order valence-corrected chi connectivity index (χ1v) is 7.38. The minimum Gasteiger partial charge on any atom is -0.310 e. The van der Waals surface area contributed by atoms with Gasteiger partial charge in [0.2, 0.25) is 0 Å². The van der Waals surface area contributed by atoms with Crippen molar-refractivity contribution >= 4 is 0 Å². The zero-order chi connectivity index (χ0) is 12.7. The number of nitrogens with zero attached hydrogens (tertiary/aromatic N) is 2. The predicted octanol–water partition coefficient (Wildman–Crippen LogP) is 2.82. The van der Waals surface area contributed by atoms with Crippen LogP contribution >= 0.6 is 0 Å². The van der Waals surface area contributed by atoms with Crippen LogP contribution in [0.5, 0.6) is 0 Å². The highest BCUT2D eigenvalue weighted by atomic mass is 15.3. The third-order valence-electron chi connectivity index (χ3n) is 4.63. The molecule has 1 atom stereocenters. The summed E-state index contributed by atoms with van der Waals surface area (Å²) in [6, 6.07) is 0.429. The van der Waals surface area contributed by atoms with Gasteiger partial charge in [-0.1, -0.05) is 0 Å². The maximum Gasteiger partial charge on any atom is 0.0641 e. The first kappa shape index (κ1) is 12.2. The Morgan fingerprint density at radius 2 is 1.94 bits per heavy atom. The number of aromatic nitrogens is 2. The number of aryl methyl sites for hydroxylation is 2. The summed E-state index contributed by atoms with van der Waals surface area (Å²) in [5.74, 6) is 3.02. The second-order valence-corrected chi connectivity index (χ2v) is 6.31. The fourth-order valence-corrected chi connectivity index (χ4v) is 3.23. The van der Waals surface area contributed by atoms with Gasteiger partial charge in [0.25, 0.3) is 0 Å². The molecule has 0 radical (unpaired) electrons. The molecule has 2 aliphatic carbocycles. The molecule has 2 saturated carbocycles. The Morgan fingerprint density at radius 3 is 2.39 bits per heavy atom. The SMILES string of the molecule is Cc1nn(C)cc1C(C)NCC(C1CC1)C1CC1. The van der Waals surface area contributed by atoms with Crippen molar-refractivity contribution in [3.05, 3.63) is 17.5 Å². The summed E-state index contributed by atoms with van der Waals surface area (Å²) < 4.78 is 1.92. The summed E-state index contributed by atoms with van der Waals surface area (Å²) in [5.41, 5.74) is 2.51. The Morgan fingerprint density at radius 1 is 1.33 bits per heavy atom. The Kier molecular flexibility index (Phi) is 3.18. The molecule has 1 unspecified atom stereocenters. The molecule has 100 valence electrons. The quantitative estimate of drug-likeness (QED) is 0.837. The molecule has 0 amide bonds. The van der Waals surface area contributed by atoms with Gasteiger partial charge in [-0.05, 0) is 63.8 Å². The van der Waals surface area contributed by atoms with Gasteiger partial charge in [-0.3, -0.25) is 4.68 Å². The molecular formula is C15H25N3. The van der Waals surface area contributed by atoms with Crippen LogP contribution in [0.15, 0.2) is 6.20 Å². The van der Waals surface area contributed by atoms with Gasteiger partial charge in [0.1, 0.15) is 0 Å². The number of rotatable bonds is 6. The molecule has 1 heterocycles. The number of hydrogen-bond donors (Lipinski definition) is 1. The second-order valence-electron chi connectivity index (χ2n) is 6.31. The molecule has 1 aromatic rings. The van der Waals surface area contributed by atoms with Gasteiger partial charge in [0.05, 0.1) is 5.69 Å². The van der Waals surface area contributed by atoms with E-state index >= 15 is 0 Å². The largest absolute Gasteiger partial charge is 0.310 e. The third kappa shape index (κ3) is 2.61. The van der Waals surface area contributed by atoms with E-state index in [0.717, 1.165) is 23.4 Å². The molecule has 18 heavy (non-hydrogen) atoms. The van der Waals surface area contributed by atoms with Crippen LogP contribution in [0.3, 0.4) is 0 Å². The summed E-state index contributed by atoms with van der Waals surface area (Å²) in [6.07, 6.45) is 8.05. The molecule has 0 saturated heterocycles. The average Bonchev–Trinajstić information content (AvgIpc) is 3.19. The molecule has 0 aromatic carbocycles. The minimum absolute atomic E-state index is 0.429. The highest BCUT2D eigenvalue weighted by Gasteiger charge is 2.41. The van der Waals surface area contributed by atoms with Crippen molar-refractivity contribution in [3.8, 4) is 0 Å². The van der Waals surface area contributed by atoms with Crippen LogP contribution in [0.1, 0.15) is 49.9 Å². The summed E-state index contributed by atoms with van der Waals surface area (Å²) in [7, 11) is 2.00. The smallest absolute Gasteiger partial charge is 0.0641 e. The van der Waals surface area contributed by atoms with Crippen molar-refractivity contribution in [2.45, 2.75) is 45.6 Å². The maximum atomic E-state index is 4.43. The van der Waals surface area contributed by atoms with E-state index in [9.17, 15) is 0 Å². The van der Waals surface area contributed by atoms with E-state index in [2.05, 4.69) is 30.5 Å². The van der Waals surface area contributed by atoms with Crippen molar-refractivity contribution in [2.75, 3.05) is 6.54 Å². The number of nitrogens with one attached hydrogen (secondary N) is 1. The molecule has 0 bridgehead atoms. The van der Waals surface area contributed by atoms with Gasteiger partial charge in [-0.25, -0.2) is 0 Å². The lowest BCUT2D eigenvalue weighted by Crippen LogP contribution is -2.28. The normalized spacial score (nSPS) is 21.6. The second kappa shape index (κ2) is 4.69. The van der Waals surface area contributed by atoms with Crippen LogP contribution in [0.4, 0.5) is 0 Å². The minimum atomic E-state index is 0.429. The van der Waals surface area contributed by atoms with E-state index in [0.29, 0.717) is 6.04 Å². The van der Waals surface area contributed by atoms with E-state index < -0.39 is 0 Å². The zero-order valence-corrected chi connectivity index (χ0v) is 11.8. The first-order chi connectivity index (χ1) is 8.65. The van der Waals surface area contributed by atoms with E-state index in [4.69, 9.17) is 0 Å². The molecule has 2 aliphatic rings. The maximum absolute atomic E-state index is 4.43. The predicted molar refractivity (Wildman–Crippen MR) is 73.3 cm³/mol. The molecule has 3 nitrogen and oxygen atoms in total. The van der Waals surface area contributed by atoms with Crippen molar-refractivity contribution in [2.24, 2.45) is 24.8 Å². The van der Waals surface area contributed by atoms with Gasteiger partial charge < -0.3 is 5.32 Å². The Labute approximate surface area is 110 Å². The first-order valence-electron chi connectivity index (χ1n) is 7.38. The fourth-order valence-electron chi connectivity index (χ4n) is 3.23. The van der Waals surface area contributed by atoms with Crippen LogP contribution in [0, 0.1) is 24.7 Å². The van der Waals surface area contributed by atoms with E-state index in [-0.39, 0.29) is 0 Å². The van der Waals surface area contributed by atoms with Gasteiger partial charge in [0, 0.05) is 24.8 Å². The highest BCUT2D eigenvalue weighted by molar-refractivity contribution is 5.19. The molecule has 0 aliphatic heterocycles. The van der Waals surface area contributed by atoms with Crippen molar-refractivity contribution in [1.29, 1.82) is 0 Å². The van der Waals surface area contributed by atoms with Gasteiger partial charge in [-0.15, -0.1) is 0 Å². The van der Waals surface area contributed by atoms with Gasteiger partial charge in [0.15, 0.2) is 0 Å². The van der Waals surface area contributed by atoms with Crippen LogP contribution in [0.2, 0.25) is 0 Å². The zero-order valence-electron chi connectivity index (χ0n) is 11.8. The van der Waals surface area contributed by atoms with E-state index in [1.165, 1.54) is 37.8 Å². The van der Waals surface area contributed by atoms with Crippen molar-refractivity contribution < 1.29 is 0 Å². The molecule has 1 N–H and O–H groups in total. The van der Waals surface area contributed by atoms with Crippen LogP contribution in [0.25, 0.3) is 0 Å². The molecule has 2 fully saturated rings. The fraction of sp³-hybridized carbons (Fsp3) is 0.800. The topological polar surface area (TPSA) is 29.9 Å². The molecule has 0 spiro atoms. The summed E-state index contributed by atoms with van der Waals surface area (Å²) in [5, 5.41) is 8.17. The molecule has 1 aromatic heterocycles. The Bertz CT molecular complexity index is 403. The monoisotopic (exact) mass is 247 g/mol. The van der Waals surface area contributed by atoms with Gasteiger partial charge >= 0.3 is 0 Å². The molecule has 3 rings (SSSR count). The van der Waals surface area contributed by atoms with Crippen molar-refractivity contribution in [3.63, 3.8) is 0 Å². The molecule has 3 heteroatoms. The van der Waals surface area contributed by atoms with Crippen molar-refractivity contribution in [1.82, 2.24) is 15.1 Å². The lowest BCUT2D eigenvalue weighted by Gasteiger charge is -2.20. The van der Waals surface area contributed by atoms with Gasteiger partial charge in [-0.2, -0.15) is 5.10 Å². The third-order valence-corrected chi connectivity index (χ3v) is 4.63. The van der Waals surface area contributed by atoms with Crippen LogP contribution in [-0.4, -0.2) is 16.3 Å². The Balaban J connectivity index is 1.57. The highest BCUT2D eigenvalue weighted by Crippen LogP contribution is 2.48. The average molecular weight is 247 g/mol. The lowest BCUT2D eigenvalue weighted by atomic mass is 9.97. The summed E-state index contributed by atoms with van der Waals surface area (Å²) in [6.45, 7) is 5.57. The van der Waals surface area contributed by atoms with E-state index in [1.807, 2.05) is 11.7 Å². The lowest BCUT2D eigenvalue weighted by molar-refractivity contribution is 0.362. The standard InChI is InChI=1S/C15H25N3/c1-10(15-9-18(3)17-11(15)2)16-8-14(12-4-5-12)13-6-7-13/h9-10,12-14,16H,4-8H2,1-3H3. The van der Waals surface area contributed by atoms with Crippen LogP contribution in [-0.2, 0) is 7.05 Å².